The van der Waals surface area contributed by atoms with Crippen molar-refractivity contribution in [3.05, 3.63) is 58.4 Å². The minimum absolute atomic E-state index is 0.0232. The maximum Gasteiger partial charge on any atom is 0.198 e. The summed E-state index contributed by atoms with van der Waals surface area (Å²) in [5.74, 6) is -1.76. The number of ketones is 1. The van der Waals surface area contributed by atoms with Crippen molar-refractivity contribution in [2.24, 2.45) is 0 Å². The third kappa shape index (κ3) is 3.22. The lowest BCUT2D eigenvalue weighted by Crippen LogP contribution is -2.05. The highest BCUT2D eigenvalue weighted by molar-refractivity contribution is 7.90. The van der Waals surface area contributed by atoms with E-state index in [1.807, 2.05) is 0 Å². The van der Waals surface area contributed by atoms with E-state index in [1.165, 1.54) is 12.1 Å². The van der Waals surface area contributed by atoms with Crippen molar-refractivity contribution in [2.75, 3.05) is 6.26 Å². The van der Waals surface area contributed by atoms with Gasteiger partial charge in [0.2, 0.25) is 0 Å². The van der Waals surface area contributed by atoms with E-state index in [-0.39, 0.29) is 26.8 Å². The Hall–Kier alpha value is -1.92. The number of sulfone groups is 1. The van der Waals surface area contributed by atoms with Crippen LogP contribution in [0.4, 0.5) is 4.39 Å². The van der Waals surface area contributed by atoms with Crippen molar-refractivity contribution in [3.8, 4) is 5.75 Å². The standard InChI is InChI=1S/C14H10ClFO4S/c1-21(19,20)9-3-4-10(12(15)7-9)14(18)11-6-8(16)2-5-13(11)17/h2-7,17H,1H3. The molecule has 0 saturated heterocycles. The highest BCUT2D eigenvalue weighted by atomic mass is 35.5. The number of phenols is 1. The van der Waals surface area contributed by atoms with E-state index in [1.54, 1.807) is 0 Å². The second kappa shape index (κ2) is 5.46. The van der Waals surface area contributed by atoms with E-state index < -0.39 is 21.4 Å². The number of hydrogen-bond acceptors (Lipinski definition) is 4. The van der Waals surface area contributed by atoms with E-state index in [4.69, 9.17) is 11.6 Å². The Bertz CT molecular complexity index is 831. The van der Waals surface area contributed by atoms with Gasteiger partial charge < -0.3 is 5.11 Å². The Morgan fingerprint density at radius 2 is 1.81 bits per heavy atom. The molecule has 1 N–H and O–H groups in total. The predicted molar refractivity (Wildman–Crippen MR) is 76.1 cm³/mol. The molecular weight excluding hydrogens is 319 g/mol. The SMILES string of the molecule is CS(=O)(=O)c1ccc(C(=O)c2cc(F)ccc2O)c(Cl)c1. The van der Waals surface area contributed by atoms with E-state index in [0.29, 0.717) is 0 Å². The van der Waals surface area contributed by atoms with E-state index in [9.17, 15) is 22.7 Å². The molecule has 0 saturated carbocycles. The second-order valence-electron chi connectivity index (χ2n) is 4.40. The lowest BCUT2D eigenvalue weighted by atomic mass is 10.0. The zero-order valence-electron chi connectivity index (χ0n) is 10.8. The van der Waals surface area contributed by atoms with Crippen molar-refractivity contribution in [1.82, 2.24) is 0 Å². The van der Waals surface area contributed by atoms with Crippen LogP contribution >= 0.6 is 11.6 Å². The fourth-order valence-corrected chi connectivity index (χ4v) is 2.72. The third-order valence-electron chi connectivity index (χ3n) is 2.82. The Labute approximate surface area is 125 Å². The van der Waals surface area contributed by atoms with Gasteiger partial charge >= 0.3 is 0 Å². The van der Waals surface area contributed by atoms with Crippen LogP contribution in [0.2, 0.25) is 5.02 Å². The first-order chi connectivity index (χ1) is 9.70. The molecular formula is C14H10ClFO4S. The monoisotopic (exact) mass is 328 g/mol. The lowest BCUT2D eigenvalue weighted by Gasteiger charge is -2.07. The number of carbonyl (C=O) groups is 1. The van der Waals surface area contributed by atoms with Crippen molar-refractivity contribution in [1.29, 1.82) is 0 Å². The highest BCUT2D eigenvalue weighted by Crippen LogP contribution is 2.27. The molecule has 0 amide bonds. The molecule has 0 atom stereocenters. The summed E-state index contributed by atoms with van der Waals surface area (Å²) in [6.45, 7) is 0. The summed E-state index contributed by atoms with van der Waals surface area (Å²) in [5.41, 5.74) is -0.269. The summed E-state index contributed by atoms with van der Waals surface area (Å²) in [6, 6.07) is 6.55. The zero-order chi connectivity index (χ0) is 15.8. The van der Waals surface area contributed by atoms with Crippen LogP contribution in [0.1, 0.15) is 15.9 Å². The van der Waals surface area contributed by atoms with Crippen molar-refractivity contribution in [2.45, 2.75) is 4.90 Å². The lowest BCUT2D eigenvalue weighted by molar-refractivity contribution is 0.103. The number of carbonyl (C=O) groups excluding carboxylic acids is 1. The van der Waals surface area contributed by atoms with Gasteiger partial charge in [-0.25, -0.2) is 12.8 Å². The molecule has 0 radical (unpaired) electrons. The number of phenolic OH excluding ortho intramolecular Hbond substituents is 1. The highest BCUT2D eigenvalue weighted by Gasteiger charge is 2.19. The van der Waals surface area contributed by atoms with Crippen molar-refractivity contribution < 1.29 is 22.7 Å². The first kappa shape index (κ1) is 15.5. The molecule has 0 aliphatic carbocycles. The minimum atomic E-state index is -3.45. The predicted octanol–water partition coefficient (Wildman–Crippen LogP) is 2.82. The van der Waals surface area contributed by atoms with Crippen LogP contribution in [0.3, 0.4) is 0 Å². The number of halogens is 2. The molecule has 0 spiro atoms. The summed E-state index contributed by atoms with van der Waals surface area (Å²) >= 11 is 5.91. The molecule has 21 heavy (non-hydrogen) atoms. The normalized spacial score (nSPS) is 11.4. The number of aromatic hydroxyl groups is 1. The summed E-state index contributed by atoms with van der Waals surface area (Å²) in [5, 5.41) is 9.52. The average molecular weight is 329 g/mol. The molecule has 0 aromatic heterocycles. The molecule has 2 rings (SSSR count). The van der Waals surface area contributed by atoms with Crippen LogP contribution in [0.15, 0.2) is 41.3 Å². The van der Waals surface area contributed by atoms with Gasteiger partial charge in [-0.3, -0.25) is 4.79 Å². The quantitative estimate of drug-likeness (QED) is 0.879. The van der Waals surface area contributed by atoms with Gasteiger partial charge in [-0.1, -0.05) is 11.6 Å². The largest absolute Gasteiger partial charge is 0.507 e. The summed E-state index contributed by atoms with van der Waals surface area (Å²) in [4.78, 5) is 12.2. The molecule has 2 aromatic carbocycles. The summed E-state index contributed by atoms with van der Waals surface area (Å²) in [7, 11) is -3.45. The molecule has 2 aromatic rings. The molecule has 4 nitrogen and oxygen atoms in total. The molecule has 0 aliphatic rings. The summed E-state index contributed by atoms with van der Waals surface area (Å²) < 4.78 is 36.0. The molecule has 0 fully saturated rings. The van der Waals surface area contributed by atoms with Gasteiger partial charge in [-0.05, 0) is 36.4 Å². The Morgan fingerprint density at radius 3 is 2.38 bits per heavy atom. The Morgan fingerprint density at radius 1 is 1.14 bits per heavy atom. The average Bonchev–Trinajstić information content (AvgIpc) is 2.39. The van der Waals surface area contributed by atoms with Crippen LogP contribution in [-0.4, -0.2) is 25.6 Å². The smallest absolute Gasteiger partial charge is 0.198 e. The van der Waals surface area contributed by atoms with Crippen LogP contribution in [0.5, 0.6) is 5.75 Å². The van der Waals surface area contributed by atoms with Crippen molar-refractivity contribution >= 4 is 27.2 Å². The van der Waals surface area contributed by atoms with E-state index >= 15 is 0 Å². The van der Waals surface area contributed by atoms with Crippen molar-refractivity contribution in [3.63, 3.8) is 0 Å². The third-order valence-corrected chi connectivity index (χ3v) is 4.24. The van der Waals surface area contributed by atoms with Gasteiger partial charge in [0.05, 0.1) is 15.5 Å². The van der Waals surface area contributed by atoms with E-state index in [2.05, 4.69) is 0 Å². The molecule has 0 unspecified atom stereocenters. The second-order valence-corrected chi connectivity index (χ2v) is 6.83. The molecule has 7 heteroatoms. The fraction of sp³-hybridized carbons (Fsp3) is 0.0714. The zero-order valence-corrected chi connectivity index (χ0v) is 12.4. The number of hydrogen-bond donors (Lipinski definition) is 1. The molecule has 0 bridgehead atoms. The Balaban J connectivity index is 2.52. The molecule has 0 aliphatic heterocycles. The topological polar surface area (TPSA) is 71.4 Å². The maximum atomic E-state index is 13.2. The summed E-state index contributed by atoms with van der Waals surface area (Å²) in [6.07, 6.45) is 1.01. The number of benzene rings is 2. The maximum absolute atomic E-state index is 13.2. The van der Waals surface area contributed by atoms with Crippen LogP contribution < -0.4 is 0 Å². The van der Waals surface area contributed by atoms with Gasteiger partial charge in [0.1, 0.15) is 11.6 Å². The van der Waals surface area contributed by atoms with Gasteiger partial charge in [0.15, 0.2) is 15.6 Å². The van der Waals surface area contributed by atoms with Gasteiger partial charge in [-0.15, -0.1) is 0 Å². The fourth-order valence-electron chi connectivity index (χ4n) is 1.75. The Kier molecular flexibility index (Phi) is 4.02. The van der Waals surface area contributed by atoms with E-state index in [0.717, 1.165) is 30.5 Å². The van der Waals surface area contributed by atoms with Crippen LogP contribution in [0.25, 0.3) is 0 Å². The first-order valence-electron chi connectivity index (χ1n) is 5.73. The first-order valence-corrected chi connectivity index (χ1v) is 8.00. The number of rotatable bonds is 3. The van der Waals surface area contributed by atoms with Gasteiger partial charge in [-0.2, -0.15) is 0 Å². The van der Waals surface area contributed by atoms with Crippen LogP contribution in [0, 0.1) is 5.82 Å². The van der Waals surface area contributed by atoms with Crippen LogP contribution in [-0.2, 0) is 9.84 Å². The minimum Gasteiger partial charge on any atom is -0.507 e. The van der Waals surface area contributed by atoms with Gasteiger partial charge in [0, 0.05) is 11.8 Å². The van der Waals surface area contributed by atoms with Gasteiger partial charge in [0.25, 0.3) is 0 Å². The molecule has 110 valence electrons. The molecule has 0 heterocycles.